The Labute approximate surface area is 155 Å². The second kappa shape index (κ2) is 5.51. The maximum atomic E-state index is 5.55. The van der Waals surface area contributed by atoms with Gasteiger partial charge in [-0.15, -0.1) is 0 Å². The summed E-state index contributed by atoms with van der Waals surface area (Å²) in [6.07, 6.45) is 2.08. The van der Waals surface area contributed by atoms with Gasteiger partial charge in [-0.3, -0.25) is 0 Å². The van der Waals surface area contributed by atoms with Crippen LogP contribution in [0.15, 0.2) is 69.6 Å². The van der Waals surface area contributed by atoms with E-state index < -0.39 is 0 Å². The fraction of sp³-hybridized carbons (Fsp3) is 0.0909. The third-order valence-electron chi connectivity index (χ3n) is 5.04. The van der Waals surface area contributed by atoms with Gasteiger partial charge in [0, 0.05) is 18.3 Å². The highest BCUT2D eigenvalue weighted by atomic mass is 32.1. The Bertz CT molecular complexity index is 1380. The van der Waals surface area contributed by atoms with Gasteiger partial charge in [0.15, 0.2) is 17.4 Å². The minimum absolute atomic E-state index is 0.156. The number of hydrogen-bond donors (Lipinski definition) is 0. The predicted molar refractivity (Wildman–Crippen MR) is 106 cm³/mol. The molecule has 2 aromatic heterocycles. The molecular weight excluding hydrogens is 342 g/mol. The molecule has 126 valence electrons. The Morgan fingerprint density at radius 2 is 1.62 bits per heavy atom. The summed E-state index contributed by atoms with van der Waals surface area (Å²) in [5.74, 6) is 0. The molecule has 0 aliphatic heterocycles. The Hall–Kier alpha value is -2.98. The Morgan fingerprint density at radius 1 is 0.846 bits per heavy atom. The van der Waals surface area contributed by atoms with E-state index in [1.807, 2.05) is 12.1 Å². The van der Waals surface area contributed by atoms with Gasteiger partial charge in [-0.25, -0.2) is 4.57 Å². The fourth-order valence-electron chi connectivity index (χ4n) is 3.75. The Balaban J connectivity index is 1.91. The normalized spacial score (nSPS) is 11.6. The zero-order valence-electron chi connectivity index (χ0n) is 14.4. The molecule has 0 N–H and O–H groups in total. The maximum absolute atomic E-state index is 5.55. The van der Waals surface area contributed by atoms with E-state index in [9.17, 15) is 0 Å². The van der Waals surface area contributed by atoms with Crippen molar-refractivity contribution in [3.8, 4) is 11.3 Å². The standard InChI is InChI=1S/C22H16NO2S/c1-13-16-6-4-3-5-14(16)7-8-17(13)21-18-12-20-19(24-22(26)25-20)11-15(18)9-10-23(21)2/h3-12H,1-2H3/q+1. The van der Waals surface area contributed by atoms with Crippen molar-refractivity contribution in [1.29, 1.82) is 0 Å². The number of nitrogens with zero attached hydrogens (tertiary/aromatic N) is 1. The van der Waals surface area contributed by atoms with Gasteiger partial charge in [-0.1, -0.05) is 30.3 Å². The molecule has 3 aromatic carbocycles. The van der Waals surface area contributed by atoms with Crippen LogP contribution in [0.5, 0.6) is 0 Å². The van der Waals surface area contributed by atoms with E-state index in [1.165, 1.54) is 21.9 Å². The molecule has 0 radical (unpaired) electrons. The molecule has 0 saturated carbocycles. The summed E-state index contributed by atoms with van der Waals surface area (Å²) < 4.78 is 13.2. The van der Waals surface area contributed by atoms with E-state index >= 15 is 0 Å². The third-order valence-corrected chi connectivity index (χ3v) is 5.21. The van der Waals surface area contributed by atoms with Crippen LogP contribution in [0.4, 0.5) is 0 Å². The highest BCUT2D eigenvalue weighted by Gasteiger charge is 2.19. The minimum Gasteiger partial charge on any atom is -0.413 e. The summed E-state index contributed by atoms with van der Waals surface area (Å²) in [6.45, 7) is 2.18. The molecule has 0 unspecified atom stereocenters. The van der Waals surface area contributed by atoms with Crippen LogP contribution in [0.1, 0.15) is 5.56 Å². The van der Waals surface area contributed by atoms with E-state index in [1.54, 1.807) is 0 Å². The number of aromatic nitrogens is 1. The van der Waals surface area contributed by atoms with E-state index in [0.29, 0.717) is 11.2 Å². The molecule has 26 heavy (non-hydrogen) atoms. The third kappa shape index (κ3) is 2.19. The van der Waals surface area contributed by atoms with Crippen LogP contribution in [0.2, 0.25) is 0 Å². The molecule has 0 spiro atoms. The molecule has 5 rings (SSSR count). The van der Waals surface area contributed by atoms with Crippen molar-refractivity contribution in [2.45, 2.75) is 6.92 Å². The van der Waals surface area contributed by atoms with Gasteiger partial charge in [0.05, 0.1) is 10.9 Å². The number of hydrogen-bond acceptors (Lipinski definition) is 3. The van der Waals surface area contributed by atoms with Crippen molar-refractivity contribution in [3.63, 3.8) is 0 Å². The molecule has 2 heterocycles. The molecule has 0 aliphatic rings. The van der Waals surface area contributed by atoms with E-state index in [4.69, 9.17) is 21.1 Å². The van der Waals surface area contributed by atoms with Crippen LogP contribution >= 0.6 is 12.2 Å². The van der Waals surface area contributed by atoms with Crippen LogP contribution in [-0.2, 0) is 7.05 Å². The largest absolute Gasteiger partial charge is 0.413 e. The molecule has 0 atom stereocenters. The van der Waals surface area contributed by atoms with Crippen LogP contribution in [-0.4, -0.2) is 0 Å². The maximum Gasteiger partial charge on any atom is 0.363 e. The fourth-order valence-corrected chi connectivity index (χ4v) is 3.93. The summed E-state index contributed by atoms with van der Waals surface area (Å²) in [5, 5.41) is 4.72. The first kappa shape index (κ1) is 15.3. The van der Waals surface area contributed by atoms with Crippen molar-refractivity contribution >= 4 is 44.9 Å². The zero-order valence-corrected chi connectivity index (χ0v) is 15.3. The summed E-state index contributed by atoms with van der Waals surface area (Å²) in [5.41, 5.74) is 4.97. The molecular formula is C22H16NO2S+. The van der Waals surface area contributed by atoms with Gasteiger partial charge in [-0.05, 0) is 46.8 Å². The SMILES string of the molecule is Cc1c(-c2c3cc4oc(=S)oc4cc3cc[n+]2C)ccc2ccccc12. The summed E-state index contributed by atoms with van der Waals surface area (Å²) in [7, 11) is 2.07. The lowest BCUT2D eigenvalue weighted by molar-refractivity contribution is -0.659. The van der Waals surface area contributed by atoms with Gasteiger partial charge in [-0.2, -0.15) is 0 Å². The number of aryl methyl sites for hydroxylation is 2. The first-order valence-corrected chi connectivity index (χ1v) is 8.87. The molecule has 5 aromatic rings. The van der Waals surface area contributed by atoms with Gasteiger partial charge < -0.3 is 8.83 Å². The molecule has 0 amide bonds. The molecule has 0 saturated heterocycles. The Kier molecular flexibility index (Phi) is 3.24. The number of fused-ring (bicyclic) bond motifs is 3. The first-order chi connectivity index (χ1) is 12.6. The van der Waals surface area contributed by atoms with Crippen molar-refractivity contribution < 1.29 is 13.4 Å². The Morgan fingerprint density at radius 3 is 2.46 bits per heavy atom. The number of rotatable bonds is 1. The average molecular weight is 358 g/mol. The minimum atomic E-state index is 0.156. The number of pyridine rings is 1. The molecule has 0 aliphatic carbocycles. The van der Waals surface area contributed by atoms with Crippen molar-refractivity contribution in [3.05, 3.63) is 71.3 Å². The highest BCUT2D eigenvalue weighted by Crippen LogP contribution is 2.34. The zero-order chi connectivity index (χ0) is 17.8. The van der Waals surface area contributed by atoms with Crippen molar-refractivity contribution in [1.82, 2.24) is 0 Å². The van der Waals surface area contributed by atoms with Gasteiger partial charge >= 0.3 is 4.90 Å². The van der Waals surface area contributed by atoms with Gasteiger partial charge in [0.2, 0.25) is 5.69 Å². The first-order valence-electron chi connectivity index (χ1n) is 8.46. The van der Waals surface area contributed by atoms with E-state index in [0.717, 1.165) is 16.5 Å². The topological polar surface area (TPSA) is 30.2 Å². The molecule has 0 bridgehead atoms. The van der Waals surface area contributed by atoms with Crippen LogP contribution < -0.4 is 4.57 Å². The van der Waals surface area contributed by atoms with Crippen LogP contribution in [0.3, 0.4) is 0 Å². The van der Waals surface area contributed by atoms with Gasteiger partial charge in [0.1, 0.15) is 7.05 Å². The predicted octanol–water partition coefficient (Wildman–Crippen LogP) is 5.86. The van der Waals surface area contributed by atoms with E-state index in [-0.39, 0.29) is 4.90 Å². The van der Waals surface area contributed by atoms with E-state index in [2.05, 4.69) is 67.2 Å². The highest BCUT2D eigenvalue weighted by molar-refractivity contribution is 7.71. The lowest BCUT2D eigenvalue weighted by Crippen LogP contribution is -2.30. The second-order valence-electron chi connectivity index (χ2n) is 6.57. The van der Waals surface area contributed by atoms with Crippen LogP contribution in [0, 0.1) is 11.8 Å². The smallest absolute Gasteiger partial charge is 0.363 e. The summed E-state index contributed by atoms with van der Waals surface area (Å²) >= 11 is 5.04. The summed E-state index contributed by atoms with van der Waals surface area (Å²) in [4.78, 5) is 0.156. The molecule has 3 nitrogen and oxygen atoms in total. The van der Waals surface area contributed by atoms with Crippen molar-refractivity contribution in [2.24, 2.45) is 7.05 Å². The summed E-state index contributed by atoms with van der Waals surface area (Å²) in [6, 6.07) is 18.9. The average Bonchev–Trinajstić information content (AvgIpc) is 3.00. The lowest BCUT2D eigenvalue weighted by atomic mass is 9.95. The lowest BCUT2D eigenvalue weighted by Gasteiger charge is -2.10. The molecule has 4 heteroatoms. The monoisotopic (exact) mass is 358 g/mol. The quantitative estimate of drug-likeness (QED) is 0.278. The second-order valence-corrected chi connectivity index (χ2v) is 6.91. The molecule has 0 fully saturated rings. The van der Waals surface area contributed by atoms with Crippen LogP contribution in [0.25, 0.3) is 44.0 Å². The number of benzene rings is 3. The van der Waals surface area contributed by atoms with Crippen molar-refractivity contribution in [2.75, 3.05) is 0 Å². The van der Waals surface area contributed by atoms with Gasteiger partial charge in [0.25, 0.3) is 0 Å².